The van der Waals surface area contributed by atoms with E-state index in [0.717, 1.165) is 17.4 Å². The van der Waals surface area contributed by atoms with Crippen molar-refractivity contribution in [1.29, 1.82) is 0 Å². The molecule has 2 aromatic heterocycles. The third kappa shape index (κ3) is 4.04. The molecule has 0 bridgehead atoms. The molecule has 2 heterocycles. The number of rotatable bonds is 7. The van der Waals surface area contributed by atoms with Crippen molar-refractivity contribution in [2.45, 2.75) is 19.9 Å². The largest absolute Gasteiger partial charge is 0.467 e. The Kier molecular flexibility index (Phi) is 5.54. The maximum absolute atomic E-state index is 5.09. The lowest BCUT2D eigenvalue weighted by Gasteiger charge is -2.08. The van der Waals surface area contributed by atoms with Gasteiger partial charge in [-0.2, -0.15) is 15.0 Å². The Morgan fingerprint density at radius 3 is 2.60 bits per heavy atom. The van der Waals surface area contributed by atoms with Crippen LogP contribution >= 0.6 is 27.3 Å². The Morgan fingerprint density at radius 1 is 1.25 bits per heavy atom. The first-order chi connectivity index (χ1) is 9.72. The average Bonchev–Trinajstić information content (AvgIpc) is 2.88. The molecule has 6 nitrogen and oxygen atoms in total. The molecule has 0 atom stereocenters. The number of anilines is 2. The minimum absolute atomic E-state index is 0.298. The van der Waals surface area contributed by atoms with E-state index in [1.807, 2.05) is 11.4 Å². The smallest absolute Gasteiger partial charge is 0.322 e. The van der Waals surface area contributed by atoms with Gasteiger partial charge in [-0.05, 0) is 33.8 Å². The SMILES string of the molecule is CCCNc1nc(NCc2sccc2Br)nc(OC)n1. The van der Waals surface area contributed by atoms with Gasteiger partial charge in [0.05, 0.1) is 13.7 Å². The third-order valence-electron chi connectivity index (χ3n) is 2.43. The van der Waals surface area contributed by atoms with Crippen LogP contribution in [-0.2, 0) is 6.54 Å². The van der Waals surface area contributed by atoms with Crippen molar-refractivity contribution >= 4 is 39.2 Å². The molecule has 8 heteroatoms. The van der Waals surface area contributed by atoms with E-state index >= 15 is 0 Å². The minimum Gasteiger partial charge on any atom is -0.467 e. The van der Waals surface area contributed by atoms with Crippen molar-refractivity contribution in [1.82, 2.24) is 15.0 Å². The standard InChI is InChI=1S/C12H16BrN5OS/c1-3-5-14-10-16-11(18-12(17-10)19-2)15-7-9-8(13)4-6-20-9/h4,6H,3,5,7H2,1-2H3,(H2,14,15,16,17,18). The van der Waals surface area contributed by atoms with Crippen molar-refractivity contribution < 1.29 is 4.74 Å². The van der Waals surface area contributed by atoms with E-state index < -0.39 is 0 Å². The van der Waals surface area contributed by atoms with E-state index in [9.17, 15) is 0 Å². The fourth-order valence-electron chi connectivity index (χ4n) is 1.45. The Hall–Kier alpha value is -1.41. The summed E-state index contributed by atoms with van der Waals surface area (Å²) < 4.78 is 6.17. The van der Waals surface area contributed by atoms with Gasteiger partial charge in [-0.25, -0.2) is 0 Å². The first-order valence-electron chi connectivity index (χ1n) is 6.22. The van der Waals surface area contributed by atoms with Gasteiger partial charge in [0.2, 0.25) is 11.9 Å². The second-order valence-electron chi connectivity index (χ2n) is 3.94. The van der Waals surface area contributed by atoms with Gasteiger partial charge in [-0.15, -0.1) is 11.3 Å². The van der Waals surface area contributed by atoms with E-state index in [4.69, 9.17) is 4.74 Å². The van der Waals surface area contributed by atoms with Gasteiger partial charge in [-0.3, -0.25) is 0 Å². The molecule has 0 saturated heterocycles. The van der Waals surface area contributed by atoms with Gasteiger partial charge in [-0.1, -0.05) is 6.92 Å². The average molecular weight is 358 g/mol. The molecule has 2 rings (SSSR count). The van der Waals surface area contributed by atoms with Gasteiger partial charge in [0, 0.05) is 15.9 Å². The maximum Gasteiger partial charge on any atom is 0.322 e. The Labute approximate surface area is 130 Å². The first-order valence-corrected chi connectivity index (χ1v) is 7.90. The van der Waals surface area contributed by atoms with E-state index in [0.29, 0.717) is 24.5 Å². The molecule has 0 spiro atoms. The van der Waals surface area contributed by atoms with Gasteiger partial charge < -0.3 is 15.4 Å². The van der Waals surface area contributed by atoms with Crippen molar-refractivity contribution in [2.75, 3.05) is 24.3 Å². The molecule has 2 aromatic rings. The van der Waals surface area contributed by atoms with Crippen LogP contribution in [0, 0.1) is 0 Å². The molecule has 0 aliphatic heterocycles. The minimum atomic E-state index is 0.298. The predicted octanol–water partition coefficient (Wildman–Crippen LogP) is 3.14. The normalized spacial score (nSPS) is 10.3. The summed E-state index contributed by atoms with van der Waals surface area (Å²) in [5.74, 6) is 1.02. The monoisotopic (exact) mass is 357 g/mol. The number of ether oxygens (including phenoxy) is 1. The summed E-state index contributed by atoms with van der Waals surface area (Å²) >= 11 is 5.17. The summed E-state index contributed by atoms with van der Waals surface area (Å²) in [5.41, 5.74) is 0. The second-order valence-corrected chi connectivity index (χ2v) is 5.80. The lowest BCUT2D eigenvalue weighted by Crippen LogP contribution is -2.10. The molecule has 0 aliphatic rings. The van der Waals surface area contributed by atoms with E-state index in [-0.39, 0.29) is 0 Å². The molecule has 0 aromatic carbocycles. The fourth-order valence-corrected chi connectivity index (χ4v) is 2.89. The van der Waals surface area contributed by atoms with Gasteiger partial charge in [0.1, 0.15) is 0 Å². The molecule has 0 unspecified atom stereocenters. The lowest BCUT2D eigenvalue weighted by molar-refractivity contribution is 0.379. The maximum atomic E-state index is 5.09. The van der Waals surface area contributed by atoms with Crippen molar-refractivity contribution in [3.05, 3.63) is 20.8 Å². The van der Waals surface area contributed by atoms with Crippen LogP contribution in [0.25, 0.3) is 0 Å². The summed E-state index contributed by atoms with van der Waals surface area (Å²) in [6, 6.07) is 2.32. The molecular formula is C12H16BrN5OS. The Balaban J connectivity index is 2.07. The highest BCUT2D eigenvalue weighted by atomic mass is 79.9. The number of hydrogen-bond donors (Lipinski definition) is 2. The van der Waals surface area contributed by atoms with Gasteiger partial charge in [0.25, 0.3) is 0 Å². The van der Waals surface area contributed by atoms with Crippen LogP contribution in [0.2, 0.25) is 0 Å². The van der Waals surface area contributed by atoms with E-state index in [1.165, 1.54) is 4.88 Å². The highest BCUT2D eigenvalue weighted by molar-refractivity contribution is 9.10. The predicted molar refractivity (Wildman–Crippen MR) is 84.5 cm³/mol. The van der Waals surface area contributed by atoms with Crippen LogP contribution in [0.15, 0.2) is 15.9 Å². The van der Waals surface area contributed by atoms with Crippen LogP contribution in [0.3, 0.4) is 0 Å². The Morgan fingerprint density at radius 2 is 2.00 bits per heavy atom. The summed E-state index contributed by atoms with van der Waals surface area (Å²) in [4.78, 5) is 13.8. The number of thiophene rings is 1. The quantitative estimate of drug-likeness (QED) is 0.792. The summed E-state index contributed by atoms with van der Waals surface area (Å²) in [6.07, 6.45) is 0.999. The molecule has 108 valence electrons. The number of aromatic nitrogens is 3. The van der Waals surface area contributed by atoms with Crippen molar-refractivity contribution in [3.63, 3.8) is 0 Å². The molecule has 0 radical (unpaired) electrons. The highest BCUT2D eigenvalue weighted by Gasteiger charge is 2.07. The van der Waals surface area contributed by atoms with E-state index in [2.05, 4.69) is 48.4 Å². The molecule has 0 amide bonds. The van der Waals surface area contributed by atoms with E-state index in [1.54, 1.807) is 18.4 Å². The molecule has 20 heavy (non-hydrogen) atoms. The zero-order valence-corrected chi connectivity index (χ0v) is 13.7. The first kappa shape index (κ1) is 15.0. The zero-order valence-electron chi connectivity index (χ0n) is 11.3. The van der Waals surface area contributed by atoms with Crippen LogP contribution < -0.4 is 15.4 Å². The molecule has 0 saturated carbocycles. The summed E-state index contributed by atoms with van der Waals surface area (Å²) in [7, 11) is 1.54. The molecule has 0 fully saturated rings. The van der Waals surface area contributed by atoms with Gasteiger partial charge >= 0.3 is 6.01 Å². The zero-order chi connectivity index (χ0) is 14.4. The molecule has 0 aliphatic carbocycles. The van der Waals surface area contributed by atoms with Crippen LogP contribution in [-0.4, -0.2) is 28.6 Å². The second kappa shape index (κ2) is 7.39. The molecule has 2 N–H and O–H groups in total. The van der Waals surface area contributed by atoms with Crippen molar-refractivity contribution in [3.8, 4) is 6.01 Å². The summed E-state index contributed by atoms with van der Waals surface area (Å²) in [5, 5.41) is 8.33. The van der Waals surface area contributed by atoms with Crippen molar-refractivity contribution in [2.24, 2.45) is 0 Å². The summed E-state index contributed by atoms with van der Waals surface area (Å²) in [6.45, 7) is 3.54. The number of methoxy groups -OCH3 is 1. The Bertz CT molecular complexity index is 563. The number of nitrogens with one attached hydrogen (secondary N) is 2. The number of hydrogen-bond acceptors (Lipinski definition) is 7. The topological polar surface area (TPSA) is 72.0 Å². The number of halogens is 1. The molecular weight excluding hydrogens is 342 g/mol. The highest BCUT2D eigenvalue weighted by Crippen LogP contribution is 2.23. The fraction of sp³-hybridized carbons (Fsp3) is 0.417. The van der Waals surface area contributed by atoms with Crippen LogP contribution in [0.4, 0.5) is 11.9 Å². The van der Waals surface area contributed by atoms with Crippen LogP contribution in [0.5, 0.6) is 6.01 Å². The van der Waals surface area contributed by atoms with Crippen LogP contribution in [0.1, 0.15) is 18.2 Å². The lowest BCUT2D eigenvalue weighted by atomic mass is 10.5. The van der Waals surface area contributed by atoms with Gasteiger partial charge in [0.15, 0.2) is 0 Å². The number of nitrogens with zero attached hydrogens (tertiary/aromatic N) is 3. The third-order valence-corrected chi connectivity index (χ3v) is 4.36.